The van der Waals surface area contributed by atoms with Crippen molar-refractivity contribution in [2.24, 2.45) is 7.05 Å². The normalized spacial score (nSPS) is 15.3. The number of nitrogens with zero attached hydrogens (tertiary/aromatic N) is 4. The van der Waals surface area contributed by atoms with Crippen LogP contribution < -0.4 is 9.88 Å². The van der Waals surface area contributed by atoms with Crippen LogP contribution in [-0.2, 0) is 20.1 Å². The Kier molecular flexibility index (Phi) is 4.94. The fourth-order valence-corrected chi connectivity index (χ4v) is 4.44. The summed E-state index contributed by atoms with van der Waals surface area (Å²) >= 11 is 0. The van der Waals surface area contributed by atoms with Crippen molar-refractivity contribution >= 4 is 28.0 Å². The third-order valence-corrected chi connectivity index (χ3v) is 6.10. The predicted molar refractivity (Wildman–Crippen MR) is 117 cm³/mol. The van der Waals surface area contributed by atoms with Gasteiger partial charge in [0.2, 0.25) is 0 Å². The molecule has 2 aromatic carbocycles. The third-order valence-electron chi connectivity index (χ3n) is 6.10. The summed E-state index contributed by atoms with van der Waals surface area (Å²) in [6.45, 7) is 5.21. The first kappa shape index (κ1) is 18.2. The number of nitrogens with one attached hydrogen (secondary N) is 2. The molecule has 6 heteroatoms. The Morgan fingerprint density at radius 3 is 2.69 bits per heavy atom. The number of para-hydroxylation sites is 4. The molecule has 150 valence electrons. The van der Waals surface area contributed by atoms with E-state index in [-0.39, 0.29) is 0 Å². The summed E-state index contributed by atoms with van der Waals surface area (Å²) in [7, 11) is 2.09. The zero-order valence-electron chi connectivity index (χ0n) is 17.1. The third kappa shape index (κ3) is 3.60. The van der Waals surface area contributed by atoms with Gasteiger partial charge in [-0.2, -0.15) is 0 Å². The van der Waals surface area contributed by atoms with E-state index in [9.17, 15) is 0 Å². The lowest BCUT2D eigenvalue weighted by molar-refractivity contribution is -0.656. The molecule has 0 aliphatic carbocycles. The lowest BCUT2D eigenvalue weighted by Crippen LogP contribution is -2.43. The molecule has 6 nitrogen and oxygen atoms in total. The van der Waals surface area contributed by atoms with E-state index in [0.29, 0.717) is 6.54 Å². The lowest BCUT2D eigenvalue weighted by Gasteiger charge is -2.25. The Morgan fingerprint density at radius 2 is 1.83 bits per heavy atom. The molecule has 0 spiro atoms. The minimum absolute atomic E-state index is 0.682. The fraction of sp³-hybridized carbons (Fsp3) is 0.391. The number of H-pyrrole nitrogens is 1. The van der Waals surface area contributed by atoms with Gasteiger partial charge in [-0.15, -0.1) is 0 Å². The standard InChI is InChI=1S/C23H28N6/c1-27-20-11-5-3-9-18(20)25-22(27)17-24-23-26-19-10-4-6-12-21(19)29(23)16-15-28-13-7-2-8-14-28/h3-6,9-12H,2,7-8,13-17H2,1H3,(H,24,26)/p+1. The van der Waals surface area contributed by atoms with Crippen molar-refractivity contribution < 1.29 is 4.57 Å². The maximum Gasteiger partial charge on any atom is 0.356 e. The summed E-state index contributed by atoms with van der Waals surface area (Å²) in [4.78, 5) is 11.0. The van der Waals surface area contributed by atoms with Gasteiger partial charge in [-0.3, -0.25) is 5.32 Å². The maximum atomic E-state index is 4.80. The van der Waals surface area contributed by atoms with E-state index in [1.807, 2.05) is 6.07 Å². The van der Waals surface area contributed by atoms with Gasteiger partial charge in [0.25, 0.3) is 0 Å². The first-order chi connectivity index (χ1) is 14.3. The number of imidazole rings is 2. The van der Waals surface area contributed by atoms with E-state index in [2.05, 4.69) is 73.8 Å². The Morgan fingerprint density at radius 1 is 1.03 bits per heavy atom. The smallest absolute Gasteiger partial charge is 0.328 e. The van der Waals surface area contributed by atoms with E-state index in [1.54, 1.807) is 0 Å². The van der Waals surface area contributed by atoms with Crippen LogP contribution in [0.2, 0.25) is 0 Å². The van der Waals surface area contributed by atoms with Crippen molar-refractivity contribution in [1.29, 1.82) is 0 Å². The Labute approximate surface area is 171 Å². The van der Waals surface area contributed by atoms with Crippen LogP contribution in [0.3, 0.4) is 0 Å². The van der Waals surface area contributed by atoms with Crippen LogP contribution in [0.5, 0.6) is 0 Å². The number of hydrogen-bond acceptors (Lipinski definition) is 3. The van der Waals surface area contributed by atoms with E-state index in [4.69, 9.17) is 4.98 Å². The summed E-state index contributed by atoms with van der Waals surface area (Å²) in [6.07, 6.45) is 4.04. The number of aryl methyl sites for hydroxylation is 1. The number of piperidine rings is 1. The summed E-state index contributed by atoms with van der Waals surface area (Å²) < 4.78 is 4.55. The van der Waals surface area contributed by atoms with Crippen LogP contribution in [0, 0.1) is 0 Å². The molecule has 0 bridgehead atoms. The van der Waals surface area contributed by atoms with Crippen LogP contribution >= 0.6 is 0 Å². The van der Waals surface area contributed by atoms with Crippen LogP contribution in [0.4, 0.5) is 5.95 Å². The second kappa shape index (κ2) is 7.87. The van der Waals surface area contributed by atoms with Crippen LogP contribution in [0.1, 0.15) is 25.1 Å². The Balaban J connectivity index is 1.39. The largest absolute Gasteiger partial charge is 0.356 e. The van der Waals surface area contributed by atoms with E-state index in [1.165, 1.54) is 48.9 Å². The molecule has 29 heavy (non-hydrogen) atoms. The minimum atomic E-state index is 0.682. The number of fused-ring (bicyclic) bond motifs is 2. The van der Waals surface area contributed by atoms with Gasteiger partial charge in [0, 0.05) is 13.6 Å². The second-order valence-electron chi connectivity index (χ2n) is 7.97. The molecule has 2 N–H and O–H groups in total. The van der Waals surface area contributed by atoms with E-state index < -0.39 is 0 Å². The lowest BCUT2D eigenvalue weighted by atomic mass is 10.1. The quantitative estimate of drug-likeness (QED) is 0.497. The monoisotopic (exact) mass is 389 g/mol. The first-order valence-corrected chi connectivity index (χ1v) is 10.7. The summed E-state index contributed by atoms with van der Waals surface area (Å²) in [6, 6.07) is 16.8. The molecule has 2 aromatic heterocycles. The van der Waals surface area contributed by atoms with Gasteiger partial charge in [0.05, 0.1) is 17.6 Å². The summed E-state index contributed by atoms with van der Waals surface area (Å²) in [5.74, 6) is 2.09. The van der Waals surface area contributed by atoms with Crippen molar-refractivity contribution in [2.75, 3.05) is 25.0 Å². The molecule has 5 rings (SSSR count). The molecule has 4 aromatic rings. The van der Waals surface area contributed by atoms with Crippen molar-refractivity contribution in [3.05, 3.63) is 54.4 Å². The predicted octanol–water partition coefficient (Wildman–Crippen LogP) is 3.44. The molecule has 1 fully saturated rings. The molecule has 0 saturated carbocycles. The number of benzene rings is 2. The number of aromatic amines is 1. The van der Waals surface area contributed by atoms with Crippen LogP contribution in [-0.4, -0.2) is 39.1 Å². The second-order valence-corrected chi connectivity index (χ2v) is 7.97. The highest BCUT2D eigenvalue weighted by atomic mass is 15.2. The van der Waals surface area contributed by atoms with Gasteiger partial charge < -0.3 is 9.47 Å². The number of rotatable bonds is 6. The fourth-order valence-electron chi connectivity index (χ4n) is 4.44. The highest BCUT2D eigenvalue weighted by Crippen LogP contribution is 2.17. The molecule has 1 aliphatic rings. The average Bonchev–Trinajstić information content (AvgIpc) is 3.29. The maximum absolute atomic E-state index is 4.80. The highest BCUT2D eigenvalue weighted by Gasteiger charge is 2.19. The van der Waals surface area contributed by atoms with Crippen molar-refractivity contribution in [2.45, 2.75) is 32.4 Å². The molecule has 0 unspecified atom stereocenters. The van der Waals surface area contributed by atoms with E-state index >= 15 is 0 Å². The molecular formula is C23H29N6+. The number of likely N-dealkylation sites (tertiary alicyclic amines) is 1. The molecule has 0 radical (unpaired) electrons. The van der Waals surface area contributed by atoms with E-state index in [0.717, 1.165) is 30.4 Å². The van der Waals surface area contributed by atoms with Crippen LogP contribution in [0.15, 0.2) is 48.5 Å². The Hall–Kier alpha value is -2.86. The van der Waals surface area contributed by atoms with Crippen LogP contribution in [0.25, 0.3) is 22.1 Å². The topological polar surface area (TPSA) is 52.8 Å². The molecule has 0 amide bonds. The minimum Gasteiger partial charge on any atom is -0.328 e. The first-order valence-electron chi connectivity index (χ1n) is 10.7. The zero-order chi connectivity index (χ0) is 19.6. The van der Waals surface area contributed by atoms with Gasteiger partial charge >= 0.3 is 5.95 Å². The number of aromatic nitrogens is 4. The van der Waals surface area contributed by atoms with Crippen molar-refractivity contribution in [3.8, 4) is 0 Å². The Bertz CT molecular complexity index is 1120. The van der Waals surface area contributed by atoms with Crippen molar-refractivity contribution in [1.82, 2.24) is 19.4 Å². The number of hydrogen-bond donors (Lipinski definition) is 2. The molecular weight excluding hydrogens is 360 g/mol. The van der Waals surface area contributed by atoms with Gasteiger partial charge in [-0.1, -0.05) is 30.7 Å². The molecule has 0 atom stereocenters. The van der Waals surface area contributed by atoms with Gasteiger partial charge in [0.1, 0.15) is 23.4 Å². The summed E-state index contributed by atoms with van der Waals surface area (Å²) in [5.41, 5.74) is 4.62. The SMILES string of the molecule is Cn1c(CNc2[nH]c3ccccc3[n+]2CCN2CCCCC2)nc2ccccc21. The van der Waals surface area contributed by atoms with Crippen molar-refractivity contribution in [3.63, 3.8) is 0 Å². The van der Waals surface area contributed by atoms with Gasteiger partial charge in [0.15, 0.2) is 0 Å². The summed E-state index contributed by atoms with van der Waals surface area (Å²) in [5, 5.41) is 3.61. The van der Waals surface area contributed by atoms with Gasteiger partial charge in [-0.05, 0) is 50.2 Å². The van der Waals surface area contributed by atoms with Gasteiger partial charge in [-0.25, -0.2) is 14.5 Å². The average molecular weight is 390 g/mol. The molecule has 3 heterocycles. The molecule has 1 aliphatic heterocycles. The zero-order valence-corrected chi connectivity index (χ0v) is 17.1. The molecule has 1 saturated heterocycles. The number of anilines is 1. The highest BCUT2D eigenvalue weighted by molar-refractivity contribution is 5.76.